The summed E-state index contributed by atoms with van der Waals surface area (Å²) in [5, 5.41) is 22.2. The Labute approximate surface area is 106 Å². The van der Waals surface area contributed by atoms with Crippen LogP contribution < -0.4 is 16.4 Å². The third kappa shape index (κ3) is 20.6. The molecule has 1 heterocycles. The molecular formula is C8H21N3O6S. The fourth-order valence-electron chi connectivity index (χ4n) is 0.604. The Morgan fingerprint density at radius 2 is 1.50 bits per heavy atom. The smallest absolute Gasteiger partial charge is 0.332 e. The summed E-state index contributed by atoms with van der Waals surface area (Å²) >= 11 is 0. The van der Waals surface area contributed by atoms with E-state index in [0.29, 0.717) is 0 Å². The van der Waals surface area contributed by atoms with Gasteiger partial charge in [-0.05, 0) is 6.92 Å². The fraction of sp³-hybridized carbons (Fsp3) is 0.875. The van der Waals surface area contributed by atoms with Gasteiger partial charge in [0.05, 0.1) is 0 Å². The lowest BCUT2D eigenvalue weighted by atomic mass is 10.4. The Balaban J connectivity index is 0. The van der Waals surface area contributed by atoms with Gasteiger partial charge in [-0.25, -0.2) is 4.79 Å². The van der Waals surface area contributed by atoms with Crippen LogP contribution in [0.2, 0.25) is 0 Å². The third-order valence-corrected chi connectivity index (χ3v) is 1.95. The number of aliphatic carboxylic acids is 1. The lowest BCUT2D eigenvalue weighted by Crippen LogP contribution is -2.39. The van der Waals surface area contributed by atoms with Crippen LogP contribution in [0.25, 0.3) is 0 Å². The second-order valence-electron chi connectivity index (χ2n) is 3.26. The van der Waals surface area contributed by atoms with Gasteiger partial charge in [-0.1, -0.05) is 0 Å². The molecule has 18 heavy (non-hydrogen) atoms. The topological polar surface area (TPSA) is 162 Å². The zero-order valence-corrected chi connectivity index (χ0v) is 11.0. The molecule has 0 bridgehead atoms. The van der Waals surface area contributed by atoms with Crippen LogP contribution in [0.3, 0.4) is 0 Å². The zero-order valence-electron chi connectivity index (χ0n) is 10.2. The Bertz CT molecular complexity index is 290. The molecule has 7 N–H and O–H groups in total. The quantitative estimate of drug-likeness (QED) is 0.299. The number of carboxylic acids is 1. The summed E-state index contributed by atoms with van der Waals surface area (Å²) < 4.78 is 26.5. The number of carboxylic acid groups (broad SMARTS) is 1. The average molecular weight is 287 g/mol. The number of nitrogens with one attached hydrogen (secondary N) is 2. The molecule has 0 spiro atoms. The highest BCUT2D eigenvalue weighted by atomic mass is 32.2. The third-order valence-electron chi connectivity index (χ3n) is 1.53. The van der Waals surface area contributed by atoms with E-state index in [2.05, 4.69) is 16.4 Å². The van der Waals surface area contributed by atoms with E-state index in [1.807, 2.05) is 0 Å². The van der Waals surface area contributed by atoms with Crippen molar-refractivity contribution < 1.29 is 28.0 Å². The molecule has 110 valence electrons. The van der Waals surface area contributed by atoms with E-state index in [1.54, 1.807) is 0 Å². The molecule has 0 radical (unpaired) electrons. The highest BCUT2D eigenvalue weighted by Crippen LogP contribution is 1.73. The summed E-state index contributed by atoms with van der Waals surface area (Å²) in [6.07, 6.45) is -1.23. The molecule has 0 saturated carbocycles. The van der Waals surface area contributed by atoms with Gasteiger partial charge in [0.15, 0.2) is 0 Å². The summed E-state index contributed by atoms with van der Waals surface area (Å²) in [6.45, 7) is 5.75. The number of piperazine rings is 1. The first-order chi connectivity index (χ1) is 8.20. The van der Waals surface area contributed by atoms with Crippen LogP contribution in [0.4, 0.5) is 0 Å². The van der Waals surface area contributed by atoms with Crippen molar-refractivity contribution in [1.82, 2.24) is 10.6 Å². The van der Waals surface area contributed by atoms with Crippen molar-refractivity contribution in [3.8, 4) is 0 Å². The maximum Gasteiger partial charge on any atom is 0.332 e. The van der Waals surface area contributed by atoms with Crippen molar-refractivity contribution in [3.63, 3.8) is 0 Å². The SMILES string of the molecule is C1CNCCN1.CC(O)C(=O)O.NCS(=O)(=O)O. The molecule has 0 amide bonds. The van der Waals surface area contributed by atoms with Crippen LogP contribution in [-0.2, 0) is 14.9 Å². The summed E-state index contributed by atoms with van der Waals surface area (Å²) in [5.74, 6) is -1.89. The molecule has 0 aromatic carbocycles. The maximum absolute atomic E-state index is 9.45. The molecule has 1 rings (SSSR count). The highest BCUT2D eigenvalue weighted by Gasteiger charge is 2.01. The lowest BCUT2D eigenvalue weighted by Gasteiger charge is -2.11. The van der Waals surface area contributed by atoms with E-state index in [1.165, 1.54) is 6.92 Å². The van der Waals surface area contributed by atoms with Crippen molar-refractivity contribution in [2.24, 2.45) is 5.73 Å². The predicted octanol–water partition coefficient (Wildman–Crippen LogP) is -2.58. The number of nitrogens with two attached hydrogens (primary N) is 1. The van der Waals surface area contributed by atoms with E-state index < -0.39 is 28.1 Å². The van der Waals surface area contributed by atoms with Gasteiger partial charge >= 0.3 is 5.97 Å². The number of carbonyl (C=O) groups is 1. The van der Waals surface area contributed by atoms with Crippen molar-refractivity contribution >= 4 is 16.1 Å². The van der Waals surface area contributed by atoms with Crippen molar-refractivity contribution in [1.29, 1.82) is 0 Å². The maximum atomic E-state index is 9.45. The second kappa shape index (κ2) is 11.3. The minimum atomic E-state index is -3.88. The molecule has 9 nitrogen and oxygen atoms in total. The molecule has 1 aliphatic rings. The predicted molar refractivity (Wildman–Crippen MR) is 65.7 cm³/mol. The first-order valence-electron chi connectivity index (χ1n) is 5.18. The molecular weight excluding hydrogens is 266 g/mol. The first kappa shape index (κ1) is 19.6. The molecule has 0 aromatic heterocycles. The molecule has 1 fully saturated rings. The molecule has 1 aliphatic heterocycles. The number of hydrogen-bond donors (Lipinski definition) is 6. The van der Waals surface area contributed by atoms with Gasteiger partial charge in [0, 0.05) is 26.2 Å². The van der Waals surface area contributed by atoms with Gasteiger partial charge < -0.3 is 26.6 Å². The number of hydrogen-bond acceptors (Lipinski definition) is 7. The minimum absolute atomic E-state index is 0.701. The van der Waals surface area contributed by atoms with Crippen LogP contribution in [-0.4, -0.2) is 67.3 Å². The van der Waals surface area contributed by atoms with Gasteiger partial charge in [0.2, 0.25) is 0 Å². The van der Waals surface area contributed by atoms with Gasteiger partial charge in [-0.2, -0.15) is 8.42 Å². The Morgan fingerprint density at radius 3 is 1.56 bits per heavy atom. The van der Waals surface area contributed by atoms with Gasteiger partial charge in [0.1, 0.15) is 12.0 Å². The second-order valence-corrected chi connectivity index (χ2v) is 4.76. The Kier molecular flexibility index (Phi) is 12.3. The van der Waals surface area contributed by atoms with Crippen molar-refractivity contribution in [2.45, 2.75) is 13.0 Å². The zero-order chi connectivity index (χ0) is 14.6. The van der Waals surface area contributed by atoms with Crippen LogP contribution in [0.15, 0.2) is 0 Å². The molecule has 0 aliphatic carbocycles. The Hall–Kier alpha value is -0.780. The highest BCUT2D eigenvalue weighted by molar-refractivity contribution is 7.85. The molecule has 1 saturated heterocycles. The fourth-order valence-corrected chi connectivity index (χ4v) is 0.604. The van der Waals surface area contributed by atoms with E-state index in [-0.39, 0.29) is 0 Å². The van der Waals surface area contributed by atoms with Crippen LogP contribution in [0.1, 0.15) is 6.92 Å². The van der Waals surface area contributed by atoms with Gasteiger partial charge in [-0.15, -0.1) is 0 Å². The van der Waals surface area contributed by atoms with Gasteiger partial charge in [-0.3, -0.25) is 4.55 Å². The van der Waals surface area contributed by atoms with E-state index >= 15 is 0 Å². The standard InChI is InChI=1S/C4H10N2.C3H6O3.CH5NO3S/c1-2-6-4-3-5-1;1-2(4)3(5)6;2-1-6(3,4)5/h5-6H,1-4H2;2,4H,1H3,(H,5,6);1-2H2,(H,3,4,5). The summed E-state index contributed by atoms with van der Waals surface area (Å²) in [6, 6.07) is 0. The van der Waals surface area contributed by atoms with Crippen LogP contribution >= 0.6 is 0 Å². The Morgan fingerprint density at radius 1 is 1.28 bits per heavy atom. The number of aliphatic hydroxyl groups is 1. The summed E-state index contributed by atoms with van der Waals surface area (Å²) in [5.41, 5.74) is 4.47. The van der Waals surface area contributed by atoms with Gasteiger partial charge in [0.25, 0.3) is 10.1 Å². The summed E-state index contributed by atoms with van der Waals surface area (Å²) in [7, 11) is -3.88. The van der Waals surface area contributed by atoms with Crippen LogP contribution in [0, 0.1) is 0 Å². The average Bonchev–Trinajstić information content (AvgIpc) is 2.32. The number of aliphatic hydroxyl groups excluding tert-OH is 1. The van der Waals surface area contributed by atoms with E-state index in [0.717, 1.165) is 26.2 Å². The van der Waals surface area contributed by atoms with Crippen LogP contribution in [0.5, 0.6) is 0 Å². The minimum Gasteiger partial charge on any atom is -0.479 e. The largest absolute Gasteiger partial charge is 0.479 e. The molecule has 1 unspecified atom stereocenters. The summed E-state index contributed by atoms with van der Waals surface area (Å²) in [4.78, 5) is 9.45. The first-order valence-corrected chi connectivity index (χ1v) is 6.79. The number of rotatable bonds is 2. The molecule has 10 heteroatoms. The normalized spacial score (nSPS) is 16.4. The monoisotopic (exact) mass is 287 g/mol. The van der Waals surface area contributed by atoms with E-state index in [9.17, 15) is 13.2 Å². The van der Waals surface area contributed by atoms with Crippen molar-refractivity contribution in [3.05, 3.63) is 0 Å². The molecule has 0 aromatic rings. The van der Waals surface area contributed by atoms with Crippen molar-refractivity contribution in [2.75, 3.05) is 32.1 Å². The molecule has 1 atom stereocenters. The van der Waals surface area contributed by atoms with E-state index in [4.69, 9.17) is 14.8 Å². The lowest BCUT2D eigenvalue weighted by molar-refractivity contribution is -0.145.